The first-order chi connectivity index (χ1) is 10.2. The highest BCUT2D eigenvalue weighted by atomic mass is 19.1. The van der Waals surface area contributed by atoms with Crippen LogP contribution in [0, 0.1) is 0 Å². The van der Waals surface area contributed by atoms with Gasteiger partial charge in [0, 0.05) is 12.8 Å². The Balaban J connectivity index is 1.63. The van der Waals surface area contributed by atoms with Crippen LogP contribution in [-0.2, 0) is 11.2 Å². The first-order valence-corrected chi connectivity index (χ1v) is 7.11. The summed E-state index contributed by atoms with van der Waals surface area (Å²) < 4.78 is 24.1. The monoisotopic (exact) mass is 295 g/mol. The number of aryl methyl sites for hydroxylation is 1. The molecule has 3 rings (SSSR count). The smallest absolute Gasteiger partial charge is 0.231 e. The zero-order valence-corrected chi connectivity index (χ0v) is 11.6. The third kappa shape index (κ3) is 2.81. The third-order valence-electron chi connectivity index (χ3n) is 3.98. The van der Waals surface area contributed by atoms with Gasteiger partial charge in [-0.1, -0.05) is 12.1 Å². The maximum absolute atomic E-state index is 13.4. The summed E-state index contributed by atoms with van der Waals surface area (Å²) in [6.07, 6.45) is -0.0382. The molecule has 0 unspecified atom stereocenters. The number of para-hydroxylation sites is 1. The van der Waals surface area contributed by atoms with Crippen molar-refractivity contribution >= 4 is 5.91 Å². The molecule has 1 aromatic carbocycles. The molecule has 114 valence electrons. The predicted octanol–water partition coefficient (Wildman–Crippen LogP) is 1.28. The number of hydrogen-bond donors (Lipinski definition) is 1. The molecule has 0 spiro atoms. The molecule has 2 aliphatic rings. The molecule has 1 amide bonds. The lowest BCUT2D eigenvalue weighted by Crippen LogP contribution is -2.38. The van der Waals surface area contributed by atoms with Gasteiger partial charge >= 0.3 is 0 Å². The number of carbonyl (C=O) groups is 1. The van der Waals surface area contributed by atoms with Gasteiger partial charge in [-0.3, -0.25) is 4.79 Å². The van der Waals surface area contributed by atoms with Crippen molar-refractivity contribution in [2.75, 3.05) is 19.9 Å². The molecule has 1 saturated heterocycles. The summed E-state index contributed by atoms with van der Waals surface area (Å²) in [4.78, 5) is 13.7. The van der Waals surface area contributed by atoms with Gasteiger partial charge in [0.15, 0.2) is 11.5 Å². The number of likely N-dealkylation sites (tertiary alicyclic amines) is 1. The fourth-order valence-corrected chi connectivity index (χ4v) is 2.91. The number of alkyl halides is 1. The zero-order chi connectivity index (χ0) is 14.8. The fourth-order valence-electron chi connectivity index (χ4n) is 2.91. The van der Waals surface area contributed by atoms with E-state index in [1.54, 1.807) is 0 Å². The van der Waals surface area contributed by atoms with E-state index in [1.807, 2.05) is 18.2 Å². The van der Waals surface area contributed by atoms with Crippen molar-refractivity contribution < 1.29 is 23.8 Å². The van der Waals surface area contributed by atoms with Crippen molar-refractivity contribution in [2.24, 2.45) is 0 Å². The topological polar surface area (TPSA) is 59.0 Å². The number of hydrogen-bond acceptors (Lipinski definition) is 4. The van der Waals surface area contributed by atoms with Crippen LogP contribution in [0.5, 0.6) is 11.5 Å². The van der Waals surface area contributed by atoms with Crippen molar-refractivity contribution in [3.05, 3.63) is 23.8 Å². The van der Waals surface area contributed by atoms with Crippen LogP contribution in [0.2, 0.25) is 0 Å². The highest BCUT2D eigenvalue weighted by molar-refractivity contribution is 5.77. The van der Waals surface area contributed by atoms with Gasteiger partial charge in [0.05, 0.1) is 19.2 Å². The Bertz CT molecular complexity index is 536. The highest BCUT2D eigenvalue weighted by Crippen LogP contribution is 2.36. The summed E-state index contributed by atoms with van der Waals surface area (Å²) >= 11 is 0. The van der Waals surface area contributed by atoms with Gasteiger partial charge in [0.1, 0.15) is 6.17 Å². The number of rotatable bonds is 4. The molecule has 1 fully saturated rings. The Labute approximate surface area is 122 Å². The van der Waals surface area contributed by atoms with Crippen LogP contribution in [0.25, 0.3) is 0 Å². The molecule has 6 heteroatoms. The van der Waals surface area contributed by atoms with Gasteiger partial charge in [0.2, 0.25) is 12.7 Å². The number of fused-ring (bicyclic) bond motifs is 1. The molecule has 5 nitrogen and oxygen atoms in total. The molecule has 2 aliphatic heterocycles. The molecule has 2 heterocycles. The first kappa shape index (κ1) is 14.1. The Hall–Kier alpha value is -1.82. The van der Waals surface area contributed by atoms with Crippen LogP contribution in [0.15, 0.2) is 18.2 Å². The minimum absolute atomic E-state index is 0.0799. The van der Waals surface area contributed by atoms with E-state index in [0.29, 0.717) is 17.9 Å². The van der Waals surface area contributed by atoms with E-state index in [4.69, 9.17) is 9.47 Å². The van der Waals surface area contributed by atoms with E-state index in [9.17, 15) is 14.3 Å². The van der Waals surface area contributed by atoms with Crippen molar-refractivity contribution in [1.29, 1.82) is 0 Å². The Morgan fingerprint density at radius 1 is 1.43 bits per heavy atom. The average molecular weight is 295 g/mol. The van der Waals surface area contributed by atoms with Crippen LogP contribution in [0.4, 0.5) is 4.39 Å². The summed E-state index contributed by atoms with van der Waals surface area (Å²) in [5, 5.41) is 9.22. The van der Waals surface area contributed by atoms with Gasteiger partial charge in [-0.15, -0.1) is 0 Å². The van der Waals surface area contributed by atoms with Crippen LogP contribution >= 0.6 is 0 Å². The Morgan fingerprint density at radius 2 is 2.29 bits per heavy atom. The lowest BCUT2D eigenvalue weighted by molar-refractivity contribution is -0.132. The molecular weight excluding hydrogens is 277 g/mol. The molecule has 0 aromatic heterocycles. The molecule has 1 N–H and O–H groups in total. The molecule has 0 saturated carbocycles. The van der Waals surface area contributed by atoms with Crippen molar-refractivity contribution in [2.45, 2.75) is 31.5 Å². The second-order valence-corrected chi connectivity index (χ2v) is 5.37. The van der Waals surface area contributed by atoms with Gasteiger partial charge < -0.3 is 19.5 Å². The van der Waals surface area contributed by atoms with E-state index in [-0.39, 0.29) is 38.7 Å². The molecule has 0 bridgehead atoms. The number of carbonyl (C=O) groups excluding carboxylic acids is 1. The van der Waals surface area contributed by atoms with Crippen LogP contribution in [0.1, 0.15) is 18.4 Å². The van der Waals surface area contributed by atoms with Gasteiger partial charge in [-0.2, -0.15) is 0 Å². The standard InChI is InChI=1S/C15H18FNO4/c16-11-6-12(8-18)17(7-11)14(19)5-4-10-2-1-3-13-15(10)21-9-20-13/h1-3,11-12,18H,4-9H2/t11-,12-/m0/s1. The SMILES string of the molecule is O=C(CCc1cccc2c1OCO2)N1C[C@@H](F)C[C@H]1CO. The molecule has 2 atom stereocenters. The largest absolute Gasteiger partial charge is 0.454 e. The van der Waals surface area contributed by atoms with Crippen LogP contribution in [0.3, 0.4) is 0 Å². The Kier molecular flexibility index (Phi) is 3.96. The number of aliphatic hydroxyl groups excluding tert-OH is 1. The second-order valence-electron chi connectivity index (χ2n) is 5.37. The molecule has 0 radical (unpaired) electrons. The lowest BCUT2D eigenvalue weighted by Gasteiger charge is -2.22. The zero-order valence-electron chi connectivity index (χ0n) is 11.6. The second kappa shape index (κ2) is 5.89. The van der Waals surface area contributed by atoms with Gasteiger partial charge in [-0.05, 0) is 18.1 Å². The van der Waals surface area contributed by atoms with E-state index in [2.05, 4.69) is 0 Å². The summed E-state index contributed by atoms with van der Waals surface area (Å²) in [6, 6.07) is 5.18. The number of ether oxygens (including phenoxy) is 2. The minimum Gasteiger partial charge on any atom is -0.454 e. The highest BCUT2D eigenvalue weighted by Gasteiger charge is 2.34. The molecule has 21 heavy (non-hydrogen) atoms. The van der Waals surface area contributed by atoms with Gasteiger partial charge in [0.25, 0.3) is 0 Å². The van der Waals surface area contributed by atoms with Crippen molar-refractivity contribution in [3.63, 3.8) is 0 Å². The number of halogens is 1. The number of amides is 1. The minimum atomic E-state index is -1.04. The first-order valence-electron chi connectivity index (χ1n) is 7.11. The predicted molar refractivity (Wildman–Crippen MR) is 73.0 cm³/mol. The third-order valence-corrected chi connectivity index (χ3v) is 3.98. The molecule has 1 aromatic rings. The average Bonchev–Trinajstić information content (AvgIpc) is 3.10. The fraction of sp³-hybridized carbons (Fsp3) is 0.533. The number of aliphatic hydroxyl groups is 1. The number of benzene rings is 1. The summed E-state index contributed by atoms with van der Waals surface area (Å²) in [5.41, 5.74) is 0.912. The summed E-state index contributed by atoms with van der Waals surface area (Å²) in [7, 11) is 0. The van der Waals surface area contributed by atoms with Crippen LogP contribution < -0.4 is 9.47 Å². The van der Waals surface area contributed by atoms with E-state index >= 15 is 0 Å². The van der Waals surface area contributed by atoms with E-state index in [0.717, 1.165) is 5.56 Å². The lowest BCUT2D eigenvalue weighted by atomic mass is 10.1. The molecule has 0 aliphatic carbocycles. The van der Waals surface area contributed by atoms with Crippen molar-refractivity contribution in [1.82, 2.24) is 4.90 Å². The van der Waals surface area contributed by atoms with Crippen molar-refractivity contribution in [3.8, 4) is 11.5 Å². The van der Waals surface area contributed by atoms with E-state index < -0.39 is 12.2 Å². The normalized spacial score (nSPS) is 23.6. The summed E-state index contributed by atoms with van der Waals surface area (Å²) in [6.45, 7) is 0.0863. The summed E-state index contributed by atoms with van der Waals surface area (Å²) in [5.74, 6) is 1.25. The number of nitrogens with zero attached hydrogens (tertiary/aromatic N) is 1. The van der Waals surface area contributed by atoms with E-state index in [1.165, 1.54) is 4.90 Å². The van der Waals surface area contributed by atoms with Gasteiger partial charge in [-0.25, -0.2) is 4.39 Å². The van der Waals surface area contributed by atoms with Crippen LogP contribution in [-0.4, -0.2) is 48.1 Å². The maximum Gasteiger partial charge on any atom is 0.231 e. The molecular formula is C15H18FNO4. The quantitative estimate of drug-likeness (QED) is 0.909. The Morgan fingerprint density at radius 3 is 3.10 bits per heavy atom. The maximum atomic E-state index is 13.4.